The van der Waals surface area contributed by atoms with Crippen molar-refractivity contribution in [3.05, 3.63) is 70.2 Å². The number of esters is 1. The van der Waals surface area contributed by atoms with E-state index in [4.69, 9.17) is 26.2 Å². The Balaban J connectivity index is 2.36. The van der Waals surface area contributed by atoms with Crippen molar-refractivity contribution in [3.63, 3.8) is 0 Å². The van der Waals surface area contributed by atoms with Crippen molar-refractivity contribution in [1.82, 2.24) is 0 Å². The average Bonchev–Trinajstić information content (AvgIpc) is 2.67. The average molecular weight is 391 g/mol. The molecule has 0 radical (unpaired) electrons. The standard InChI is InChI=1S/C21H23ClO5/c1-3-27-19(13-20(23)26-2)18(12-14-4-10-17(22)11-5-14)15-6-8-16(9-7-15)21(24)25/h4-11,18-19H,3,12-13H2,1-2H3,(H,24,25)/t18-,19-/m1/s1. The Kier molecular flexibility index (Phi) is 7.82. The molecule has 27 heavy (non-hydrogen) atoms. The number of halogens is 1. The van der Waals surface area contributed by atoms with Crippen molar-refractivity contribution in [2.24, 2.45) is 0 Å². The predicted molar refractivity (Wildman–Crippen MR) is 103 cm³/mol. The second-order valence-corrected chi connectivity index (χ2v) is 6.57. The highest BCUT2D eigenvalue weighted by molar-refractivity contribution is 6.30. The first-order valence-corrected chi connectivity index (χ1v) is 9.08. The molecule has 5 nitrogen and oxygen atoms in total. The van der Waals surface area contributed by atoms with Crippen LogP contribution in [0.2, 0.25) is 5.02 Å². The molecule has 0 aliphatic rings. The van der Waals surface area contributed by atoms with Crippen molar-refractivity contribution >= 4 is 23.5 Å². The van der Waals surface area contributed by atoms with Gasteiger partial charge in [-0.25, -0.2) is 4.79 Å². The van der Waals surface area contributed by atoms with Crippen molar-refractivity contribution in [2.45, 2.75) is 31.8 Å². The summed E-state index contributed by atoms with van der Waals surface area (Å²) >= 11 is 5.97. The highest BCUT2D eigenvalue weighted by Gasteiger charge is 2.27. The van der Waals surface area contributed by atoms with E-state index in [1.54, 1.807) is 24.3 Å². The lowest BCUT2D eigenvalue weighted by molar-refractivity contribution is -0.144. The first kappa shape index (κ1) is 20.9. The van der Waals surface area contributed by atoms with Gasteiger partial charge in [0.1, 0.15) is 0 Å². The van der Waals surface area contributed by atoms with Gasteiger partial charge in [-0.3, -0.25) is 4.79 Å². The van der Waals surface area contributed by atoms with Gasteiger partial charge < -0.3 is 14.6 Å². The minimum atomic E-state index is -0.980. The van der Waals surface area contributed by atoms with Crippen molar-refractivity contribution in [2.75, 3.05) is 13.7 Å². The Morgan fingerprint density at radius 3 is 2.22 bits per heavy atom. The molecule has 0 bridgehead atoms. The quantitative estimate of drug-likeness (QED) is 0.645. The van der Waals surface area contributed by atoms with Gasteiger partial charge in [-0.1, -0.05) is 35.9 Å². The molecule has 6 heteroatoms. The van der Waals surface area contributed by atoms with E-state index in [1.807, 2.05) is 31.2 Å². The largest absolute Gasteiger partial charge is 0.478 e. The summed E-state index contributed by atoms with van der Waals surface area (Å²) in [6.45, 7) is 2.32. The molecule has 0 aliphatic heterocycles. The molecular formula is C21H23ClO5. The third-order valence-electron chi connectivity index (χ3n) is 4.38. The van der Waals surface area contributed by atoms with Crippen LogP contribution in [0.5, 0.6) is 0 Å². The van der Waals surface area contributed by atoms with Gasteiger partial charge in [-0.15, -0.1) is 0 Å². The van der Waals surface area contributed by atoms with Crippen LogP contribution in [0.25, 0.3) is 0 Å². The van der Waals surface area contributed by atoms with Crippen LogP contribution >= 0.6 is 11.6 Å². The smallest absolute Gasteiger partial charge is 0.335 e. The number of carbonyl (C=O) groups is 2. The zero-order valence-corrected chi connectivity index (χ0v) is 16.1. The highest BCUT2D eigenvalue weighted by atomic mass is 35.5. The maximum absolute atomic E-state index is 11.9. The van der Waals surface area contributed by atoms with E-state index in [1.165, 1.54) is 7.11 Å². The molecule has 0 aliphatic carbocycles. The first-order valence-electron chi connectivity index (χ1n) is 8.70. The lowest BCUT2D eigenvalue weighted by atomic mass is 9.85. The van der Waals surface area contributed by atoms with Crippen LogP contribution in [0.4, 0.5) is 0 Å². The molecule has 0 saturated carbocycles. The number of ether oxygens (including phenoxy) is 2. The van der Waals surface area contributed by atoms with Gasteiger partial charge in [0.05, 0.1) is 25.2 Å². The molecule has 0 unspecified atom stereocenters. The van der Waals surface area contributed by atoms with E-state index in [9.17, 15) is 9.59 Å². The minimum Gasteiger partial charge on any atom is -0.478 e. The van der Waals surface area contributed by atoms with Gasteiger partial charge in [0.25, 0.3) is 0 Å². The number of aromatic carboxylic acids is 1. The van der Waals surface area contributed by atoms with E-state index in [0.717, 1.165) is 11.1 Å². The zero-order chi connectivity index (χ0) is 19.8. The molecule has 0 aromatic heterocycles. The van der Waals surface area contributed by atoms with Crippen molar-refractivity contribution in [3.8, 4) is 0 Å². The van der Waals surface area contributed by atoms with E-state index in [0.29, 0.717) is 18.1 Å². The molecule has 2 aromatic rings. The maximum atomic E-state index is 11.9. The molecule has 2 rings (SSSR count). The molecule has 1 N–H and O–H groups in total. The van der Waals surface area contributed by atoms with Gasteiger partial charge in [0.2, 0.25) is 0 Å². The molecule has 144 valence electrons. The third kappa shape index (κ3) is 6.08. The summed E-state index contributed by atoms with van der Waals surface area (Å²) in [5, 5.41) is 9.77. The highest BCUT2D eigenvalue weighted by Crippen LogP contribution is 2.29. The van der Waals surface area contributed by atoms with E-state index in [-0.39, 0.29) is 23.9 Å². The SMILES string of the molecule is CCO[C@H](CC(=O)OC)[C@H](Cc1ccc(Cl)cc1)c1ccc(C(=O)O)cc1. The van der Waals surface area contributed by atoms with Crippen LogP contribution < -0.4 is 0 Å². The molecule has 0 fully saturated rings. The summed E-state index contributed by atoms with van der Waals surface area (Å²) in [6, 6.07) is 14.2. The van der Waals surface area contributed by atoms with E-state index < -0.39 is 12.1 Å². The number of hydrogen-bond donors (Lipinski definition) is 1. The lowest BCUT2D eigenvalue weighted by Crippen LogP contribution is -2.28. The molecule has 2 aromatic carbocycles. The van der Waals surface area contributed by atoms with Gasteiger partial charge in [-0.2, -0.15) is 0 Å². The van der Waals surface area contributed by atoms with E-state index in [2.05, 4.69) is 0 Å². The first-order chi connectivity index (χ1) is 12.9. The van der Waals surface area contributed by atoms with Gasteiger partial charge in [0.15, 0.2) is 0 Å². The number of carbonyl (C=O) groups excluding carboxylic acids is 1. The summed E-state index contributed by atoms with van der Waals surface area (Å²) in [5.41, 5.74) is 2.16. The Morgan fingerprint density at radius 1 is 1.07 bits per heavy atom. The minimum absolute atomic E-state index is 0.114. The van der Waals surface area contributed by atoms with Crippen LogP contribution in [0.1, 0.15) is 40.7 Å². The summed E-state index contributed by atoms with van der Waals surface area (Å²) < 4.78 is 10.7. The summed E-state index contributed by atoms with van der Waals surface area (Å²) in [5.74, 6) is -1.48. The molecule has 2 atom stereocenters. The molecule has 0 amide bonds. The van der Waals surface area contributed by atoms with Gasteiger partial charge in [0, 0.05) is 17.5 Å². The maximum Gasteiger partial charge on any atom is 0.335 e. The summed E-state index contributed by atoms with van der Waals surface area (Å²) in [6.07, 6.45) is 0.336. The fourth-order valence-corrected chi connectivity index (χ4v) is 3.12. The van der Waals surface area contributed by atoms with Crippen LogP contribution in [0, 0.1) is 0 Å². The van der Waals surface area contributed by atoms with E-state index >= 15 is 0 Å². The fraction of sp³-hybridized carbons (Fsp3) is 0.333. The van der Waals surface area contributed by atoms with Crippen LogP contribution in [-0.2, 0) is 20.7 Å². The van der Waals surface area contributed by atoms with Crippen molar-refractivity contribution < 1.29 is 24.2 Å². The molecule has 0 spiro atoms. The Morgan fingerprint density at radius 2 is 1.70 bits per heavy atom. The normalized spacial score (nSPS) is 13.0. The van der Waals surface area contributed by atoms with Crippen LogP contribution in [0.15, 0.2) is 48.5 Å². The molecular weight excluding hydrogens is 368 g/mol. The number of carboxylic acids is 1. The Bertz CT molecular complexity index is 755. The molecule has 0 saturated heterocycles. The van der Waals surface area contributed by atoms with Crippen molar-refractivity contribution in [1.29, 1.82) is 0 Å². The number of carboxylic acid groups (broad SMARTS) is 1. The third-order valence-corrected chi connectivity index (χ3v) is 4.63. The monoisotopic (exact) mass is 390 g/mol. The zero-order valence-electron chi connectivity index (χ0n) is 15.4. The number of hydrogen-bond acceptors (Lipinski definition) is 4. The fourth-order valence-electron chi connectivity index (χ4n) is 2.99. The van der Waals surface area contributed by atoms with Crippen LogP contribution in [-0.4, -0.2) is 36.9 Å². The number of methoxy groups -OCH3 is 1. The Hall–Kier alpha value is -2.37. The second kappa shape index (κ2) is 10.1. The summed E-state index contributed by atoms with van der Waals surface area (Å²) in [7, 11) is 1.35. The number of benzene rings is 2. The van der Waals surface area contributed by atoms with Gasteiger partial charge >= 0.3 is 11.9 Å². The topological polar surface area (TPSA) is 72.8 Å². The predicted octanol–water partition coefficient (Wildman–Crippen LogP) is 4.33. The van der Waals surface area contributed by atoms with Crippen LogP contribution in [0.3, 0.4) is 0 Å². The van der Waals surface area contributed by atoms with Gasteiger partial charge in [-0.05, 0) is 48.7 Å². The number of rotatable bonds is 9. The Labute approximate surface area is 163 Å². The molecule has 0 heterocycles. The summed E-state index contributed by atoms with van der Waals surface area (Å²) in [4.78, 5) is 23.0. The second-order valence-electron chi connectivity index (χ2n) is 6.14. The lowest BCUT2D eigenvalue weighted by Gasteiger charge is -2.27.